The second kappa shape index (κ2) is 5.21. The van der Waals surface area contributed by atoms with Crippen molar-refractivity contribution in [3.63, 3.8) is 0 Å². The normalized spacial score (nSPS) is 16.9. The largest absolute Gasteiger partial charge is 0.286 e. The van der Waals surface area contributed by atoms with Crippen LogP contribution in [0.4, 0.5) is 0 Å². The molecule has 1 aliphatic heterocycles. The van der Waals surface area contributed by atoms with Crippen molar-refractivity contribution in [1.29, 1.82) is 5.26 Å². The first kappa shape index (κ1) is 13.5. The fourth-order valence-corrected chi connectivity index (χ4v) is 3.49. The van der Waals surface area contributed by atoms with Crippen LogP contribution in [0.1, 0.15) is 36.6 Å². The van der Waals surface area contributed by atoms with Crippen LogP contribution < -0.4 is 5.56 Å². The Morgan fingerprint density at radius 1 is 1.32 bits per heavy atom. The first-order chi connectivity index (χ1) is 10.8. The summed E-state index contributed by atoms with van der Waals surface area (Å²) in [4.78, 5) is 25.7. The summed E-state index contributed by atoms with van der Waals surface area (Å²) in [5.74, 6) is 2.25. The van der Waals surface area contributed by atoms with Gasteiger partial charge in [0.25, 0.3) is 5.56 Å². The summed E-state index contributed by atoms with van der Waals surface area (Å²) >= 11 is 1.55. The first-order valence-electron chi connectivity index (χ1n) is 7.28. The molecule has 1 aliphatic carbocycles. The average molecular weight is 311 g/mol. The number of hydrogen-bond acceptors (Lipinski definition) is 6. The van der Waals surface area contributed by atoms with Gasteiger partial charge in [-0.25, -0.2) is 15.0 Å². The maximum absolute atomic E-state index is 12.5. The maximum Gasteiger partial charge on any atom is 0.272 e. The zero-order chi connectivity index (χ0) is 15.1. The molecule has 0 saturated heterocycles. The highest BCUT2D eigenvalue weighted by atomic mass is 32.2. The van der Waals surface area contributed by atoms with Gasteiger partial charge in [-0.15, -0.1) is 0 Å². The van der Waals surface area contributed by atoms with Gasteiger partial charge in [0, 0.05) is 36.2 Å². The maximum atomic E-state index is 12.5. The van der Waals surface area contributed by atoms with Crippen LogP contribution in [0.3, 0.4) is 0 Å². The molecule has 7 heteroatoms. The molecule has 6 nitrogen and oxygen atoms in total. The summed E-state index contributed by atoms with van der Waals surface area (Å²) in [5, 5.41) is 10.0. The van der Waals surface area contributed by atoms with Crippen molar-refractivity contribution < 1.29 is 0 Å². The quantitative estimate of drug-likeness (QED) is 0.788. The molecule has 0 radical (unpaired) electrons. The Bertz CT molecular complexity index is 833. The molecule has 0 atom stereocenters. The second-order valence-electron chi connectivity index (χ2n) is 5.49. The smallest absolute Gasteiger partial charge is 0.272 e. The minimum Gasteiger partial charge on any atom is -0.286 e. The molecule has 22 heavy (non-hydrogen) atoms. The van der Waals surface area contributed by atoms with Crippen LogP contribution in [0.2, 0.25) is 0 Å². The van der Waals surface area contributed by atoms with E-state index in [-0.39, 0.29) is 11.1 Å². The van der Waals surface area contributed by atoms with Crippen molar-refractivity contribution in [3.8, 4) is 17.3 Å². The molecule has 0 N–H and O–H groups in total. The van der Waals surface area contributed by atoms with Crippen molar-refractivity contribution >= 4 is 11.8 Å². The summed E-state index contributed by atoms with van der Waals surface area (Å²) in [6.45, 7) is 0.625. The Morgan fingerprint density at radius 3 is 2.77 bits per heavy atom. The Labute approximate surface area is 131 Å². The van der Waals surface area contributed by atoms with E-state index in [2.05, 4.69) is 15.0 Å². The third-order valence-electron chi connectivity index (χ3n) is 3.89. The SMILES string of the molecule is N#Cc1c(-c2cnc(C3CC3)nc2)nc2n(c1=O)CCCS2. The summed E-state index contributed by atoms with van der Waals surface area (Å²) < 4.78 is 1.59. The summed E-state index contributed by atoms with van der Waals surface area (Å²) in [6.07, 6.45) is 6.54. The Morgan fingerprint density at radius 2 is 2.09 bits per heavy atom. The molecule has 0 bridgehead atoms. The highest BCUT2D eigenvalue weighted by molar-refractivity contribution is 7.99. The Balaban J connectivity index is 1.85. The van der Waals surface area contributed by atoms with Crippen molar-refractivity contribution in [2.24, 2.45) is 0 Å². The van der Waals surface area contributed by atoms with E-state index in [9.17, 15) is 10.1 Å². The predicted molar refractivity (Wildman–Crippen MR) is 81.6 cm³/mol. The molecule has 2 aromatic heterocycles. The highest BCUT2D eigenvalue weighted by Gasteiger charge is 2.27. The number of nitriles is 1. The van der Waals surface area contributed by atoms with Gasteiger partial charge < -0.3 is 0 Å². The predicted octanol–water partition coefficient (Wildman–Crippen LogP) is 1.95. The second-order valence-corrected chi connectivity index (χ2v) is 6.55. The van der Waals surface area contributed by atoms with Gasteiger partial charge in [0.05, 0.1) is 5.69 Å². The van der Waals surface area contributed by atoms with Gasteiger partial charge in [0.1, 0.15) is 17.5 Å². The van der Waals surface area contributed by atoms with Gasteiger partial charge >= 0.3 is 0 Å². The molecule has 2 aromatic rings. The van der Waals surface area contributed by atoms with E-state index >= 15 is 0 Å². The molecule has 3 heterocycles. The van der Waals surface area contributed by atoms with Crippen molar-refractivity contribution in [2.75, 3.05) is 5.75 Å². The minimum atomic E-state index is -0.263. The van der Waals surface area contributed by atoms with Gasteiger partial charge in [-0.3, -0.25) is 9.36 Å². The monoisotopic (exact) mass is 311 g/mol. The lowest BCUT2D eigenvalue weighted by atomic mass is 10.1. The molecule has 0 amide bonds. The Kier molecular flexibility index (Phi) is 3.19. The summed E-state index contributed by atoms with van der Waals surface area (Å²) in [6, 6.07) is 2.00. The molecule has 1 saturated carbocycles. The van der Waals surface area contributed by atoms with Crippen LogP contribution in [-0.2, 0) is 6.54 Å². The van der Waals surface area contributed by atoms with Crippen LogP contribution in [-0.4, -0.2) is 25.3 Å². The van der Waals surface area contributed by atoms with Crippen LogP contribution >= 0.6 is 11.8 Å². The number of aromatic nitrogens is 4. The third kappa shape index (κ3) is 2.20. The van der Waals surface area contributed by atoms with Gasteiger partial charge in [-0.05, 0) is 19.3 Å². The minimum absolute atomic E-state index is 0.0778. The van der Waals surface area contributed by atoms with E-state index in [0.29, 0.717) is 28.9 Å². The number of hydrogen-bond donors (Lipinski definition) is 0. The summed E-state index contributed by atoms with van der Waals surface area (Å²) in [5.41, 5.74) is 0.845. The molecule has 4 rings (SSSR count). The topological polar surface area (TPSA) is 84.5 Å². The van der Waals surface area contributed by atoms with Gasteiger partial charge in [0.2, 0.25) is 0 Å². The van der Waals surface area contributed by atoms with Gasteiger partial charge in [-0.2, -0.15) is 5.26 Å². The standard InChI is InChI=1S/C15H13N5OS/c16-6-11-12(10-7-17-13(18-8-10)9-2-3-9)19-15-20(14(11)21)4-1-5-22-15/h7-9H,1-5H2. The number of rotatable bonds is 2. The van der Waals surface area contributed by atoms with Crippen LogP contribution in [0.5, 0.6) is 0 Å². The van der Waals surface area contributed by atoms with E-state index in [1.807, 2.05) is 6.07 Å². The number of nitrogens with zero attached hydrogens (tertiary/aromatic N) is 5. The zero-order valence-corrected chi connectivity index (χ0v) is 12.6. The van der Waals surface area contributed by atoms with E-state index in [1.165, 1.54) is 0 Å². The van der Waals surface area contributed by atoms with Crippen molar-refractivity contribution in [2.45, 2.75) is 36.9 Å². The van der Waals surface area contributed by atoms with Crippen LogP contribution in [0, 0.1) is 11.3 Å². The molecule has 0 unspecified atom stereocenters. The fourth-order valence-electron chi connectivity index (χ4n) is 2.55. The van der Waals surface area contributed by atoms with Crippen molar-refractivity contribution in [1.82, 2.24) is 19.5 Å². The lowest BCUT2D eigenvalue weighted by molar-refractivity contribution is 0.562. The number of thioether (sulfide) groups is 1. The van der Waals surface area contributed by atoms with Gasteiger partial charge in [0.15, 0.2) is 5.16 Å². The number of fused-ring (bicyclic) bond motifs is 1. The first-order valence-corrected chi connectivity index (χ1v) is 8.26. The molecule has 0 spiro atoms. The van der Waals surface area contributed by atoms with Crippen molar-refractivity contribution in [3.05, 3.63) is 34.1 Å². The molecule has 0 aromatic carbocycles. The molecule has 110 valence electrons. The lowest BCUT2D eigenvalue weighted by Crippen LogP contribution is -2.29. The van der Waals surface area contributed by atoms with Crippen LogP contribution in [0.15, 0.2) is 22.3 Å². The lowest BCUT2D eigenvalue weighted by Gasteiger charge is -2.18. The van der Waals surface area contributed by atoms with E-state index in [0.717, 1.165) is 30.8 Å². The summed E-state index contributed by atoms with van der Waals surface area (Å²) in [7, 11) is 0. The zero-order valence-electron chi connectivity index (χ0n) is 11.8. The highest BCUT2D eigenvalue weighted by Crippen LogP contribution is 2.38. The molecular formula is C15H13N5OS. The Hall–Kier alpha value is -2.20. The average Bonchev–Trinajstić information content (AvgIpc) is 3.40. The molecule has 1 fully saturated rings. The van der Waals surface area contributed by atoms with E-state index in [1.54, 1.807) is 28.7 Å². The van der Waals surface area contributed by atoms with E-state index in [4.69, 9.17) is 0 Å². The van der Waals surface area contributed by atoms with Crippen LogP contribution in [0.25, 0.3) is 11.3 Å². The van der Waals surface area contributed by atoms with E-state index < -0.39 is 0 Å². The fraction of sp³-hybridized carbons (Fsp3) is 0.400. The van der Waals surface area contributed by atoms with Gasteiger partial charge in [-0.1, -0.05) is 11.8 Å². The molecular weight excluding hydrogens is 298 g/mol. The molecule has 2 aliphatic rings. The third-order valence-corrected chi connectivity index (χ3v) is 4.95.